The van der Waals surface area contributed by atoms with Gasteiger partial charge in [-0.25, -0.2) is 0 Å². The van der Waals surface area contributed by atoms with Gasteiger partial charge in [0, 0.05) is 10.8 Å². The van der Waals surface area contributed by atoms with Gasteiger partial charge in [-0.05, 0) is 30.2 Å². The molecule has 0 fully saturated rings. The number of rotatable bonds is 2. The summed E-state index contributed by atoms with van der Waals surface area (Å²) < 4.78 is 5.89. The molecule has 2 heteroatoms. The van der Waals surface area contributed by atoms with E-state index in [1.165, 1.54) is 0 Å². The highest BCUT2D eigenvalue weighted by molar-refractivity contribution is 6.04. The molecule has 1 atom stereocenters. The van der Waals surface area contributed by atoms with Crippen molar-refractivity contribution in [3.63, 3.8) is 0 Å². The number of aryl methyl sites for hydroxylation is 1. The van der Waals surface area contributed by atoms with E-state index in [2.05, 4.69) is 6.07 Å². The molecule has 0 amide bonds. The van der Waals surface area contributed by atoms with Crippen molar-refractivity contribution in [1.29, 1.82) is 0 Å². The van der Waals surface area contributed by atoms with Crippen LogP contribution < -0.4 is 0 Å². The first-order chi connectivity index (χ1) is 10.7. The van der Waals surface area contributed by atoms with Crippen LogP contribution in [-0.4, -0.2) is 5.11 Å². The standard InChI is InChI=1S/C20H16O2/c1-13-5-4-6-14(11-13)20(21)15-9-10-17-16-7-2-3-8-18(16)22-19(17)12-15/h2-12,20-21H,1H3/t20-/m1/s1. The van der Waals surface area contributed by atoms with Crippen LogP contribution in [0.2, 0.25) is 0 Å². The maximum atomic E-state index is 10.6. The first-order valence-corrected chi connectivity index (χ1v) is 7.38. The molecule has 1 N–H and O–H groups in total. The Kier molecular flexibility index (Phi) is 2.98. The number of hydrogen-bond acceptors (Lipinski definition) is 2. The second kappa shape index (κ2) is 5.00. The quantitative estimate of drug-likeness (QED) is 0.564. The largest absolute Gasteiger partial charge is 0.456 e. The van der Waals surface area contributed by atoms with Crippen molar-refractivity contribution in [3.05, 3.63) is 83.4 Å². The van der Waals surface area contributed by atoms with Crippen molar-refractivity contribution in [2.75, 3.05) is 0 Å². The van der Waals surface area contributed by atoms with E-state index in [4.69, 9.17) is 4.42 Å². The Balaban J connectivity index is 1.84. The first kappa shape index (κ1) is 13.1. The highest BCUT2D eigenvalue weighted by atomic mass is 16.3. The van der Waals surface area contributed by atoms with Crippen LogP contribution in [0.5, 0.6) is 0 Å². The van der Waals surface area contributed by atoms with Crippen molar-refractivity contribution in [1.82, 2.24) is 0 Å². The Bertz CT molecular complexity index is 966. The molecule has 0 bridgehead atoms. The topological polar surface area (TPSA) is 33.4 Å². The zero-order valence-corrected chi connectivity index (χ0v) is 12.3. The molecule has 0 aliphatic rings. The molecule has 1 heterocycles. The van der Waals surface area contributed by atoms with Crippen molar-refractivity contribution in [2.45, 2.75) is 13.0 Å². The van der Waals surface area contributed by atoms with Crippen LogP contribution in [0.25, 0.3) is 21.9 Å². The lowest BCUT2D eigenvalue weighted by molar-refractivity contribution is 0.220. The third-order valence-electron chi connectivity index (χ3n) is 4.08. The minimum absolute atomic E-state index is 0.641. The summed E-state index contributed by atoms with van der Waals surface area (Å²) in [4.78, 5) is 0. The van der Waals surface area contributed by atoms with Crippen LogP contribution in [0, 0.1) is 6.92 Å². The predicted molar refractivity (Wildman–Crippen MR) is 89.0 cm³/mol. The van der Waals surface area contributed by atoms with E-state index in [1.807, 2.05) is 67.6 Å². The van der Waals surface area contributed by atoms with Crippen LogP contribution in [0.15, 0.2) is 71.1 Å². The van der Waals surface area contributed by atoms with E-state index in [9.17, 15) is 5.11 Å². The van der Waals surface area contributed by atoms with Gasteiger partial charge in [0.1, 0.15) is 17.3 Å². The number of aliphatic hydroxyl groups is 1. The summed E-state index contributed by atoms with van der Waals surface area (Å²) in [6, 6.07) is 21.9. The normalized spacial score (nSPS) is 12.8. The van der Waals surface area contributed by atoms with Gasteiger partial charge in [-0.15, -0.1) is 0 Å². The van der Waals surface area contributed by atoms with Crippen molar-refractivity contribution in [2.24, 2.45) is 0 Å². The summed E-state index contributed by atoms with van der Waals surface area (Å²) in [5.74, 6) is 0. The fourth-order valence-corrected chi connectivity index (χ4v) is 2.95. The van der Waals surface area contributed by atoms with E-state index in [-0.39, 0.29) is 0 Å². The average Bonchev–Trinajstić information content (AvgIpc) is 2.91. The lowest BCUT2D eigenvalue weighted by Crippen LogP contribution is -1.99. The van der Waals surface area contributed by atoms with Gasteiger partial charge in [0.15, 0.2) is 0 Å². The fraction of sp³-hybridized carbons (Fsp3) is 0.100. The maximum Gasteiger partial charge on any atom is 0.135 e. The lowest BCUT2D eigenvalue weighted by atomic mass is 9.99. The summed E-state index contributed by atoms with van der Waals surface area (Å²) in [5.41, 5.74) is 4.57. The first-order valence-electron chi connectivity index (χ1n) is 7.38. The Hall–Kier alpha value is -2.58. The minimum atomic E-state index is -0.641. The van der Waals surface area contributed by atoms with E-state index in [1.54, 1.807) is 0 Å². The smallest absolute Gasteiger partial charge is 0.135 e. The van der Waals surface area contributed by atoms with Gasteiger partial charge in [-0.1, -0.05) is 60.2 Å². The number of benzene rings is 3. The molecule has 1 aromatic heterocycles. The average molecular weight is 288 g/mol. The van der Waals surface area contributed by atoms with Gasteiger partial charge in [0.2, 0.25) is 0 Å². The third kappa shape index (κ3) is 2.09. The Labute approximate surface area is 128 Å². The second-order valence-electron chi connectivity index (χ2n) is 5.67. The molecule has 4 aromatic rings. The number of fused-ring (bicyclic) bond motifs is 3. The zero-order chi connectivity index (χ0) is 15.1. The molecule has 0 aliphatic heterocycles. The fourth-order valence-electron chi connectivity index (χ4n) is 2.95. The molecule has 2 nitrogen and oxygen atoms in total. The van der Waals surface area contributed by atoms with E-state index in [0.717, 1.165) is 38.6 Å². The molecular formula is C20H16O2. The van der Waals surface area contributed by atoms with Gasteiger partial charge >= 0.3 is 0 Å². The SMILES string of the molecule is Cc1cccc([C@@H](O)c2ccc3c(c2)oc2ccccc23)c1. The van der Waals surface area contributed by atoms with Crippen LogP contribution >= 0.6 is 0 Å². The summed E-state index contributed by atoms with van der Waals surface area (Å²) in [5, 5.41) is 12.8. The van der Waals surface area contributed by atoms with Crippen molar-refractivity contribution < 1.29 is 9.52 Å². The Morgan fingerprint density at radius 1 is 0.773 bits per heavy atom. The zero-order valence-electron chi connectivity index (χ0n) is 12.3. The lowest BCUT2D eigenvalue weighted by Gasteiger charge is -2.12. The van der Waals surface area contributed by atoms with Crippen molar-refractivity contribution in [3.8, 4) is 0 Å². The molecule has 0 radical (unpaired) electrons. The van der Waals surface area contributed by atoms with Gasteiger partial charge in [-0.2, -0.15) is 0 Å². The molecule has 22 heavy (non-hydrogen) atoms. The second-order valence-corrected chi connectivity index (χ2v) is 5.67. The number of para-hydroxylation sites is 1. The van der Waals surface area contributed by atoms with Gasteiger partial charge in [-0.3, -0.25) is 0 Å². The highest BCUT2D eigenvalue weighted by Crippen LogP contribution is 2.32. The molecule has 0 unspecified atom stereocenters. The highest BCUT2D eigenvalue weighted by Gasteiger charge is 2.13. The van der Waals surface area contributed by atoms with Crippen LogP contribution in [0.1, 0.15) is 22.8 Å². The van der Waals surface area contributed by atoms with E-state index >= 15 is 0 Å². The molecule has 0 saturated heterocycles. The monoisotopic (exact) mass is 288 g/mol. The summed E-state index contributed by atoms with van der Waals surface area (Å²) in [6.45, 7) is 2.03. The van der Waals surface area contributed by atoms with E-state index in [0.29, 0.717) is 0 Å². The van der Waals surface area contributed by atoms with Gasteiger partial charge in [0.25, 0.3) is 0 Å². The van der Waals surface area contributed by atoms with Gasteiger partial charge in [0.05, 0.1) is 0 Å². The van der Waals surface area contributed by atoms with Crippen molar-refractivity contribution >= 4 is 21.9 Å². The molecule has 0 aliphatic carbocycles. The Morgan fingerprint density at radius 3 is 2.41 bits per heavy atom. The minimum Gasteiger partial charge on any atom is -0.456 e. The van der Waals surface area contributed by atoms with Crippen LogP contribution in [0.3, 0.4) is 0 Å². The van der Waals surface area contributed by atoms with Crippen LogP contribution in [0.4, 0.5) is 0 Å². The summed E-state index contributed by atoms with van der Waals surface area (Å²) in [7, 11) is 0. The molecule has 0 saturated carbocycles. The molecule has 0 spiro atoms. The Morgan fingerprint density at radius 2 is 1.55 bits per heavy atom. The molecular weight excluding hydrogens is 272 g/mol. The third-order valence-corrected chi connectivity index (χ3v) is 4.08. The van der Waals surface area contributed by atoms with Crippen LogP contribution in [-0.2, 0) is 0 Å². The number of aliphatic hydroxyl groups excluding tert-OH is 1. The summed E-state index contributed by atoms with van der Waals surface area (Å²) >= 11 is 0. The molecule has 3 aromatic carbocycles. The molecule has 108 valence electrons. The predicted octanol–water partition coefficient (Wildman–Crippen LogP) is 4.98. The van der Waals surface area contributed by atoms with E-state index < -0.39 is 6.10 Å². The summed E-state index contributed by atoms with van der Waals surface area (Å²) in [6.07, 6.45) is -0.641. The van der Waals surface area contributed by atoms with Gasteiger partial charge < -0.3 is 9.52 Å². The maximum absolute atomic E-state index is 10.6. The molecule has 4 rings (SSSR count). The number of furan rings is 1. The number of hydrogen-bond donors (Lipinski definition) is 1.